The van der Waals surface area contributed by atoms with Crippen LogP contribution in [-0.4, -0.2) is 27.5 Å². The number of rotatable bonds is 9. The summed E-state index contributed by atoms with van der Waals surface area (Å²) in [7, 11) is -3.88. The zero-order valence-corrected chi connectivity index (χ0v) is 20.9. The van der Waals surface area contributed by atoms with Gasteiger partial charge in [0.25, 0.3) is 0 Å². The summed E-state index contributed by atoms with van der Waals surface area (Å²) in [5, 5.41) is 2.84. The Labute approximate surface area is 215 Å². The fourth-order valence-electron chi connectivity index (χ4n) is 3.48. The molecule has 0 bridgehead atoms. The summed E-state index contributed by atoms with van der Waals surface area (Å²) in [5.41, 5.74) is 2.21. The van der Waals surface area contributed by atoms with Gasteiger partial charge in [-0.05, 0) is 79.7 Å². The first-order valence-corrected chi connectivity index (χ1v) is 13.0. The number of nitrogens with zero attached hydrogens (tertiary/aromatic N) is 1. The molecule has 7 nitrogen and oxygen atoms in total. The lowest BCUT2D eigenvalue weighted by atomic mass is 10.2. The second kappa shape index (κ2) is 11.7. The molecule has 190 valence electrons. The van der Waals surface area contributed by atoms with Crippen molar-refractivity contribution in [2.45, 2.75) is 11.8 Å². The van der Waals surface area contributed by atoms with Gasteiger partial charge in [-0.15, -0.1) is 0 Å². The highest BCUT2D eigenvalue weighted by atomic mass is 32.2. The molecule has 9 heteroatoms. The van der Waals surface area contributed by atoms with E-state index in [0.717, 1.165) is 17.7 Å². The van der Waals surface area contributed by atoms with Crippen molar-refractivity contribution in [3.8, 4) is 11.5 Å². The van der Waals surface area contributed by atoms with Crippen LogP contribution in [-0.2, 0) is 10.0 Å². The van der Waals surface area contributed by atoms with Crippen molar-refractivity contribution >= 4 is 27.4 Å². The molecule has 0 radical (unpaired) electrons. The zero-order valence-electron chi connectivity index (χ0n) is 20.1. The van der Waals surface area contributed by atoms with E-state index in [1.807, 2.05) is 49.4 Å². The number of para-hydroxylation sites is 1. The Morgan fingerprint density at radius 3 is 2.11 bits per heavy atom. The largest absolute Gasteiger partial charge is 0.457 e. The SMILES string of the molecule is Cc1ccc(NC(=O)N(CCNS(=O)(=O)c2ccc(F)cc2)c2ccc(Oc3ccccc3)cc2)cc1. The molecule has 0 atom stereocenters. The van der Waals surface area contributed by atoms with Gasteiger partial charge in [0.05, 0.1) is 4.90 Å². The van der Waals surface area contributed by atoms with Gasteiger partial charge in [-0.3, -0.25) is 4.90 Å². The molecule has 2 N–H and O–H groups in total. The fraction of sp³-hybridized carbons (Fsp3) is 0.107. The van der Waals surface area contributed by atoms with E-state index in [0.29, 0.717) is 22.9 Å². The van der Waals surface area contributed by atoms with Crippen molar-refractivity contribution in [2.75, 3.05) is 23.3 Å². The van der Waals surface area contributed by atoms with Crippen LogP contribution in [0.25, 0.3) is 0 Å². The summed E-state index contributed by atoms with van der Waals surface area (Å²) in [4.78, 5) is 14.6. The molecule has 2 amide bonds. The molecule has 0 aliphatic heterocycles. The quantitative estimate of drug-likeness (QED) is 0.286. The van der Waals surface area contributed by atoms with Crippen LogP contribution in [0.3, 0.4) is 0 Å². The van der Waals surface area contributed by atoms with E-state index in [1.165, 1.54) is 17.0 Å². The Kier molecular flexibility index (Phi) is 8.17. The van der Waals surface area contributed by atoms with E-state index in [-0.39, 0.29) is 18.0 Å². The second-order valence-electron chi connectivity index (χ2n) is 8.21. The first kappa shape index (κ1) is 25.9. The van der Waals surface area contributed by atoms with Gasteiger partial charge in [0.2, 0.25) is 10.0 Å². The van der Waals surface area contributed by atoms with Gasteiger partial charge in [0.1, 0.15) is 17.3 Å². The maximum Gasteiger partial charge on any atom is 0.326 e. The number of amides is 2. The Morgan fingerprint density at radius 1 is 0.838 bits per heavy atom. The predicted octanol–water partition coefficient (Wildman–Crippen LogP) is 5.94. The standard InChI is InChI=1S/C28H26FN3O4S/c1-21-7-11-23(12-8-21)31-28(33)32(20-19-30-37(34,35)27-17-9-22(29)10-18-27)24-13-15-26(16-14-24)36-25-5-3-2-4-6-25/h2-18,30H,19-20H2,1H3,(H,31,33). The van der Waals surface area contributed by atoms with E-state index < -0.39 is 21.9 Å². The minimum absolute atomic E-state index is 0.0387. The van der Waals surface area contributed by atoms with Crippen LogP contribution in [0.4, 0.5) is 20.6 Å². The first-order chi connectivity index (χ1) is 17.8. The Morgan fingerprint density at radius 2 is 1.46 bits per heavy atom. The lowest BCUT2D eigenvalue weighted by Crippen LogP contribution is -2.41. The van der Waals surface area contributed by atoms with Gasteiger partial charge in [-0.25, -0.2) is 22.3 Å². The van der Waals surface area contributed by atoms with Crippen LogP contribution in [0, 0.1) is 12.7 Å². The van der Waals surface area contributed by atoms with Gasteiger partial charge < -0.3 is 10.1 Å². The summed E-state index contributed by atoms with van der Waals surface area (Å²) >= 11 is 0. The molecule has 4 aromatic rings. The molecule has 0 heterocycles. The van der Waals surface area contributed by atoms with Gasteiger partial charge >= 0.3 is 6.03 Å². The maximum atomic E-state index is 13.2. The van der Waals surface area contributed by atoms with Crippen LogP contribution in [0.5, 0.6) is 11.5 Å². The minimum atomic E-state index is -3.88. The van der Waals surface area contributed by atoms with Crippen LogP contribution >= 0.6 is 0 Å². The number of hydrogen-bond acceptors (Lipinski definition) is 4. The lowest BCUT2D eigenvalue weighted by molar-refractivity contribution is 0.257. The number of urea groups is 1. The van der Waals surface area contributed by atoms with Crippen LogP contribution < -0.4 is 19.7 Å². The number of hydrogen-bond donors (Lipinski definition) is 2. The van der Waals surface area contributed by atoms with E-state index >= 15 is 0 Å². The lowest BCUT2D eigenvalue weighted by Gasteiger charge is -2.24. The summed E-state index contributed by atoms with van der Waals surface area (Å²) in [5.74, 6) is 0.739. The molecule has 0 saturated heterocycles. The van der Waals surface area contributed by atoms with Crippen molar-refractivity contribution < 1.29 is 22.3 Å². The summed E-state index contributed by atoms with van der Waals surface area (Å²) in [6.07, 6.45) is 0. The van der Waals surface area contributed by atoms with Crippen molar-refractivity contribution in [1.29, 1.82) is 0 Å². The highest BCUT2D eigenvalue weighted by molar-refractivity contribution is 7.89. The monoisotopic (exact) mass is 519 g/mol. The van der Waals surface area contributed by atoms with E-state index in [4.69, 9.17) is 4.74 Å². The van der Waals surface area contributed by atoms with Gasteiger partial charge in [0, 0.05) is 24.5 Å². The van der Waals surface area contributed by atoms with Crippen molar-refractivity contribution in [1.82, 2.24) is 4.72 Å². The highest BCUT2D eigenvalue weighted by Crippen LogP contribution is 2.25. The molecular weight excluding hydrogens is 493 g/mol. The third-order valence-electron chi connectivity index (χ3n) is 5.43. The van der Waals surface area contributed by atoms with Crippen molar-refractivity contribution in [3.05, 3.63) is 115 Å². The molecule has 4 aromatic carbocycles. The maximum absolute atomic E-state index is 13.2. The smallest absolute Gasteiger partial charge is 0.326 e. The number of ether oxygens (including phenoxy) is 1. The normalized spacial score (nSPS) is 11.1. The first-order valence-electron chi connectivity index (χ1n) is 11.5. The molecule has 37 heavy (non-hydrogen) atoms. The van der Waals surface area contributed by atoms with Crippen LogP contribution in [0.15, 0.2) is 108 Å². The molecule has 0 spiro atoms. The molecule has 0 fully saturated rings. The number of anilines is 2. The average molecular weight is 520 g/mol. The number of carbonyl (C=O) groups excluding carboxylic acids is 1. The topological polar surface area (TPSA) is 87.7 Å². The van der Waals surface area contributed by atoms with E-state index in [1.54, 1.807) is 36.4 Å². The zero-order chi connectivity index (χ0) is 26.3. The highest BCUT2D eigenvalue weighted by Gasteiger charge is 2.19. The van der Waals surface area contributed by atoms with Crippen molar-refractivity contribution in [2.24, 2.45) is 0 Å². The minimum Gasteiger partial charge on any atom is -0.457 e. The number of sulfonamides is 1. The van der Waals surface area contributed by atoms with Crippen LogP contribution in [0.2, 0.25) is 0 Å². The number of benzene rings is 4. The molecule has 0 unspecified atom stereocenters. The number of carbonyl (C=O) groups is 1. The summed E-state index contributed by atoms with van der Waals surface area (Å²) in [6, 6.07) is 27.7. The predicted molar refractivity (Wildman–Crippen MR) is 142 cm³/mol. The average Bonchev–Trinajstić information content (AvgIpc) is 2.89. The molecule has 0 aromatic heterocycles. The Hall–Kier alpha value is -4.21. The molecule has 0 aliphatic rings. The van der Waals surface area contributed by atoms with Crippen molar-refractivity contribution in [3.63, 3.8) is 0 Å². The molecule has 0 saturated carbocycles. The van der Waals surface area contributed by atoms with E-state index in [9.17, 15) is 17.6 Å². The number of nitrogens with one attached hydrogen (secondary N) is 2. The van der Waals surface area contributed by atoms with Gasteiger partial charge in [0.15, 0.2) is 0 Å². The Balaban J connectivity index is 1.49. The molecule has 0 aliphatic carbocycles. The summed E-state index contributed by atoms with van der Waals surface area (Å²) < 4.78 is 46.7. The van der Waals surface area contributed by atoms with Gasteiger partial charge in [-0.2, -0.15) is 0 Å². The second-order valence-corrected chi connectivity index (χ2v) is 9.98. The summed E-state index contributed by atoms with van der Waals surface area (Å²) in [6.45, 7) is 1.92. The van der Waals surface area contributed by atoms with Gasteiger partial charge in [-0.1, -0.05) is 35.9 Å². The van der Waals surface area contributed by atoms with Crippen LogP contribution in [0.1, 0.15) is 5.56 Å². The third kappa shape index (κ3) is 7.16. The molecular formula is C28H26FN3O4S. The number of halogens is 1. The number of aryl methyl sites for hydroxylation is 1. The fourth-order valence-corrected chi connectivity index (χ4v) is 4.50. The Bertz CT molecular complexity index is 1430. The third-order valence-corrected chi connectivity index (χ3v) is 6.90. The molecule has 4 rings (SSSR count). The van der Waals surface area contributed by atoms with E-state index in [2.05, 4.69) is 10.0 Å².